The van der Waals surface area contributed by atoms with E-state index in [9.17, 15) is 27.9 Å². The van der Waals surface area contributed by atoms with E-state index < -0.39 is 24.0 Å². The van der Waals surface area contributed by atoms with Crippen LogP contribution in [0.5, 0.6) is 0 Å². The number of alkyl halides is 3. The summed E-state index contributed by atoms with van der Waals surface area (Å²) in [5, 5.41) is 14.8. The van der Waals surface area contributed by atoms with Gasteiger partial charge in [-0.05, 0) is 17.7 Å². The smallest absolute Gasteiger partial charge is 0.471 e. The van der Waals surface area contributed by atoms with Gasteiger partial charge >= 0.3 is 18.1 Å². The molecule has 2 aromatic heterocycles. The molecule has 0 spiro atoms. The molecule has 0 fully saturated rings. The minimum absolute atomic E-state index is 0.0215. The number of carbonyl (C=O) groups excluding carboxylic acids is 1. The highest BCUT2D eigenvalue weighted by molar-refractivity contribution is 5.95. The number of fused-ring (bicyclic) bond motifs is 1. The number of nitrogens with zero attached hydrogens (tertiary/aromatic N) is 4. The third-order valence-corrected chi connectivity index (χ3v) is 3.84. The molecule has 0 aliphatic heterocycles. The van der Waals surface area contributed by atoms with Crippen molar-refractivity contribution in [1.29, 1.82) is 0 Å². The number of carbonyl (C=O) groups is 2. The van der Waals surface area contributed by atoms with Crippen LogP contribution in [0.1, 0.15) is 16.1 Å². The predicted octanol–water partition coefficient (Wildman–Crippen LogP) is 2.56. The Morgan fingerprint density at radius 1 is 1.18 bits per heavy atom. The van der Waals surface area contributed by atoms with E-state index in [-0.39, 0.29) is 17.0 Å². The maximum atomic E-state index is 12.4. The summed E-state index contributed by atoms with van der Waals surface area (Å²) in [6.07, 6.45) is -5.12. The highest BCUT2D eigenvalue weighted by Gasteiger charge is 2.39. The molecule has 28 heavy (non-hydrogen) atoms. The van der Waals surface area contributed by atoms with E-state index in [1.165, 1.54) is 17.4 Å². The van der Waals surface area contributed by atoms with E-state index in [1.807, 2.05) is 30.3 Å². The van der Waals surface area contributed by atoms with Crippen molar-refractivity contribution < 1.29 is 27.9 Å². The van der Waals surface area contributed by atoms with Crippen molar-refractivity contribution in [1.82, 2.24) is 14.6 Å². The first kappa shape index (κ1) is 19.1. The predicted molar refractivity (Wildman–Crippen MR) is 93.2 cm³/mol. The molecule has 11 heteroatoms. The Morgan fingerprint density at radius 3 is 2.46 bits per heavy atom. The van der Waals surface area contributed by atoms with Gasteiger partial charge in [0.25, 0.3) is 0 Å². The number of amides is 1. The summed E-state index contributed by atoms with van der Waals surface area (Å²) in [4.78, 5) is 28.3. The molecule has 0 radical (unpaired) electrons. The number of hydrogen-bond acceptors (Lipinski definition) is 5. The van der Waals surface area contributed by atoms with Crippen molar-refractivity contribution in [3.8, 4) is 0 Å². The summed E-state index contributed by atoms with van der Waals surface area (Å²) < 4.78 is 38.1. The molecular formula is C17H14F3N5O3. The number of carboxylic acids is 1. The number of anilines is 2. The molecule has 1 aromatic carbocycles. The first-order valence-corrected chi connectivity index (χ1v) is 7.93. The van der Waals surface area contributed by atoms with Crippen molar-refractivity contribution in [2.24, 2.45) is 0 Å². The zero-order valence-corrected chi connectivity index (χ0v) is 14.4. The van der Waals surface area contributed by atoms with Crippen LogP contribution in [0.15, 0.2) is 42.5 Å². The van der Waals surface area contributed by atoms with Crippen LogP contribution >= 0.6 is 0 Å². The number of aromatic nitrogens is 3. The summed E-state index contributed by atoms with van der Waals surface area (Å²) in [6.45, 7) is 0.388. The molecule has 2 heterocycles. The summed E-state index contributed by atoms with van der Waals surface area (Å²) in [5.74, 6) is -4.24. The number of pyridine rings is 1. The Morgan fingerprint density at radius 2 is 1.86 bits per heavy atom. The lowest BCUT2D eigenvalue weighted by Gasteiger charge is -2.21. The van der Waals surface area contributed by atoms with Gasteiger partial charge in [0.15, 0.2) is 11.3 Å². The summed E-state index contributed by atoms with van der Waals surface area (Å²) in [7, 11) is 1.67. The molecule has 2 N–H and O–H groups in total. The molecule has 0 atom stereocenters. The maximum absolute atomic E-state index is 12.4. The van der Waals surface area contributed by atoms with Gasteiger partial charge in [0.1, 0.15) is 0 Å². The number of benzene rings is 1. The van der Waals surface area contributed by atoms with Crippen molar-refractivity contribution in [2.75, 3.05) is 17.3 Å². The molecule has 0 saturated heterocycles. The summed E-state index contributed by atoms with van der Waals surface area (Å²) >= 11 is 0. The molecule has 0 aliphatic rings. The molecule has 0 bridgehead atoms. The fourth-order valence-electron chi connectivity index (χ4n) is 2.61. The van der Waals surface area contributed by atoms with Crippen LogP contribution in [0.2, 0.25) is 0 Å². The van der Waals surface area contributed by atoms with E-state index >= 15 is 0 Å². The first-order chi connectivity index (χ1) is 13.2. The Hall–Kier alpha value is -3.63. The number of carboxylic acid groups (broad SMARTS) is 1. The molecule has 3 rings (SSSR count). The molecule has 0 unspecified atom stereocenters. The number of rotatable bonds is 5. The van der Waals surface area contributed by atoms with Gasteiger partial charge in [-0.15, -0.1) is 5.10 Å². The van der Waals surface area contributed by atoms with Gasteiger partial charge < -0.3 is 10.0 Å². The average Bonchev–Trinajstić information content (AvgIpc) is 3.02. The zero-order chi connectivity index (χ0) is 20.5. The van der Waals surface area contributed by atoms with Crippen LogP contribution in [0.25, 0.3) is 5.65 Å². The third-order valence-electron chi connectivity index (χ3n) is 3.84. The van der Waals surface area contributed by atoms with Gasteiger partial charge in [-0.25, -0.2) is 9.31 Å². The second-order valence-corrected chi connectivity index (χ2v) is 5.87. The Labute approximate surface area is 156 Å². The van der Waals surface area contributed by atoms with Crippen LogP contribution in [-0.2, 0) is 11.3 Å². The third kappa shape index (κ3) is 3.87. The lowest BCUT2D eigenvalue weighted by Crippen LogP contribution is -2.30. The van der Waals surface area contributed by atoms with Crippen LogP contribution < -0.4 is 10.2 Å². The van der Waals surface area contributed by atoms with Gasteiger partial charge in [-0.1, -0.05) is 30.3 Å². The fraction of sp³-hybridized carbons (Fsp3) is 0.176. The van der Waals surface area contributed by atoms with Gasteiger partial charge in [-0.3, -0.25) is 10.1 Å². The topological polar surface area (TPSA) is 99.8 Å². The Kier molecular flexibility index (Phi) is 4.91. The quantitative estimate of drug-likeness (QED) is 0.691. The van der Waals surface area contributed by atoms with Gasteiger partial charge in [0.2, 0.25) is 5.95 Å². The fourth-order valence-corrected chi connectivity index (χ4v) is 2.61. The zero-order valence-electron chi connectivity index (χ0n) is 14.4. The van der Waals surface area contributed by atoms with E-state index in [0.29, 0.717) is 6.54 Å². The van der Waals surface area contributed by atoms with Crippen molar-refractivity contribution >= 4 is 29.2 Å². The molecule has 146 valence electrons. The number of halogens is 3. The molecule has 0 aliphatic carbocycles. The summed E-state index contributed by atoms with van der Waals surface area (Å²) in [6, 6.07) is 12.2. The largest absolute Gasteiger partial charge is 0.476 e. The van der Waals surface area contributed by atoms with Crippen LogP contribution in [-0.4, -0.2) is 44.8 Å². The summed E-state index contributed by atoms with van der Waals surface area (Å²) in [5.41, 5.74) is 0.892. The SMILES string of the molecule is CN(Cc1ccccc1)c1ccc2nc(NC(=O)C(F)(F)F)nn2c1C(=O)O. The number of nitrogens with one attached hydrogen (secondary N) is 1. The Balaban J connectivity index is 1.99. The van der Waals surface area contributed by atoms with E-state index in [4.69, 9.17) is 0 Å². The number of hydrogen-bond donors (Lipinski definition) is 2. The normalized spacial score (nSPS) is 11.4. The highest BCUT2D eigenvalue weighted by atomic mass is 19.4. The van der Waals surface area contributed by atoms with E-state index in [2.05, 4.69) is 10.1 Å². The molecule has 0 saturated carbocycles. The van der Waals surface area contributed by atoms with Crippen LogP contribution in [0, 0.1) is 0 Å². The molecule has 3 aromatic rings. The van der Waals surface area contributed by atoms with Crippen LogP contribution in [0.4, 0.5) is 24.8 Å². The van der Waals surface area contributed by atoms with Crippen LogP contribution in [0.3, 0.4) is 0 Å². The second kappa shape index (κ2) is 7.18. The second-order valence-electron chi connectivity index (χ2n) is 5.87. The maximum Gasteiger partial charge on any atom is 0.471 e. The van der Waals surface area contributed by atoms with Gasteiger partial charge in [-0.2, -0.15) is 18.2 Å². The van der Waals surface area contributed by atoms with Crippen molar-refractivity contribution in [3.05, 3.63) is 53.7 Å². The minimum Gasteiger partial charge on any atom is -0.476 e. The lowest BCUT2D eigenvalue weighted by molar-refractivity contribution is -0.167. The van der Waals surface area contributed by atoms with Gasteiger partial charge in [0.05, 0.1) is 5.69 Å². The van der Waals surface area contributed by atoms with Gasteiger partial charge in [0, 0.05) is 13.6 Å². The van der Waals surface area contributed by atoms with Crippen molar-refractivity contribution in [3.63, 3.8) is 0 Å². The monoisotopic (exact) mass is 393 g/mol. The highest BCUT2D eigenvalue weighted by Crippen LogP contribution is 2.24. The average molecular weight is 393 g/mol. The molecule has 8 nitrogen and oxygen atoms in total. The minimum atomic E-state index is -5.12. The standard InChI is InChI=1S/C17H14F3N5O3/c1-24(9-10-5-3-2-4-6-10)11-7-8-12-21-16(22-15(28)17(18,19)20)23-25(12)13(11)14(26)27/h2-8H,9H2,1H3,(H,26,27)(H,22,23,28). The Bertz CT molecular complexity index is 1030. The van der Waals surface area contributed by atoms with E-state index in [0.717, 1.165) is 10.1 Å². The van der Waals surface area contributed by atoms with E-state index in [1.54, 1.807) is 11.9 Å². The first-order valence-electron chi connectivity index (χ1n) is 7.93. The molecule has 1 amide bonds. The molecular weight excluding hydrogens is 379 g/mol. The van der Waals surface area contributed by atoms with Crippen molar-refractivity contribution in [2.45, 2.75) is 12.7 Å². The lowest BCUT2D eigenvalue weighted by atomic mass is 10.2. The number of aromatic carboxylic acids is 1.